The third-order valence-electron chi connectivity index (χ3n) is 5.01. The smallest absolute Gasteiger partial charge is 0.289 e. The van der Waals surface area contributed by atoms with Gasteiger partial charge in [0.15, 0.2) is 4.90 Å². The van der Waals surface area contributed by atoms with E-state index in [0.29, 0.717) is 39.1 Å². The highest BCUT2D eigenvalue weighted by Crippen LogP contribution is 2.43. The fourth-order valence-corrected chi connectivity index (χ4v) is 5.16. The van der Waals surface area contributed by atoms with Crippen LogP contribution in [0.4, 0.5) is 5.69 Å². The predicted octanol–water partition coefficient (Wildman–Crippen LogP) is 1.11. The highest BCUT2D eigenvalue weighted by Gasteiger charge is 2.44. The van der Waals surface area contributed by atoms with Crippen LogP contribution in [0.1, 0.15) is 19.3 Å². The lowest BCUT2D eigenvalue weighted by atomic mass is 9.77. The Bertz CT molecular complexity index is 728. The maximum absolute atomic E-state index is 12.8. The van der Waals surface area contributed by atoms with E-state index in [1.54, 1.807) is 0 Å². The van der Waals surface area contributed by atoms with Crippen molar-refractivity contribution in [2.24, 2.45) is 11.1 Å². The summed E-state index contributed by atoms with van der Waals surface area (Å²) in [5.41, 5.74) is 5.25. The van der Waals surface area contributed by atoms with Gasteiger partial charge in [0.25, 0.3) is 5.69 Å². The number of piperidine rings is 1. The number of nitrogens with two attached hydrogens (primary N) is 1. The maximum atomic E-state index is 12.8. The number of hydrogen-bond donors (Lipinski definition) is 1. The first kappa shape index (κ1) is 17.3. The molecule has 0 amide bonds. The highest BCUT2D eigenvalue weighted by molar-refractivity contribution is 7.89. The molecule has 0 saturated carbocycles. The average molecular weight is 355 g/mol. The molecule has 0 radical (unpaired) electrons. The third kappa shape index (κ3) is 3.04. The number of hydrogen-bond acceptors (Lipinski definition) is 6. The van der Waals surface area contributed by atoms with Gasteiger partial charge in [-0.3, -0.25) is 10.1 Å². The molecule has 0 bridgehead atoms. The van der Waals surface area contributed by atoms with E-state index in [1.807, 2.05) is 0 Å². The van der Waals surface area contributed by atoms with Gasteiger partial charge in [0.1, 0.15) is 0 Å². The minimum atomic E-state index is -3.88. The molecular formula is C15H21N3O5S. The van der Waals surface area contributed by atoms with E-state index in [-0.39, 0.29) is 22.1 Å². The molecule has 2 N–H and O–H groups in total. The number of nitrogens with zero attached hydrogens (tertiary/aromatic N) is 2. The molecule has 132 valence electrons. The molecule has 8 nitrogen and oxygen atoms in total. The summed E-state index contributed by atoms with van der Waals surface area (Å²) < 4.78 is 32.6. The number of ether oxygens (including phenoxy) is 1. The monoisotopic (exact) mass is 355 g/mol. The molecule has 9 heteroatoms. The predicted molar refractivity (Wildman–Crippen MR) is 86.9 cm³/mol. The molecular weight excluding hydrogens is 334 g/mol. The molecule has 2 saturated heterocycles. The van der Waals surface area contributed by atoms with Crippen molar-refractivity contribution < 1.29 is 18.1 Å². The van der Waals surface area contributed by atoms with Crippen molar-refractivity contribution in [2.75, 3.05) is 26.2 Å². The SMILES string of the molecule is NCC1CC2(CCN(S(=O)(=O)c3ccccc3[N+](=O)[O-])CC2)CO1. The zero-order valence-electron chi connectivity index (χ0n) is 13.3. The van der Waals surface area contributed by atoms with E-state index in [2.05, 4.69) is 0 Å². The van der Waals surface area contributed by atoms with Crippen LogP contribution < -0.4 is 5.73 Å². The van der Waals surface area contributed by atoms with Gasteiger partial charge >= 0.3 is 0 Å². The lowest BCUT2D eigenvalue weighted by Gasteiger charge is -2.37. The number of para-hydroxylation sites is 1. The second-order valence-corrected chi connectivity index (χ2v) is 8.41. The first-order valence-electron chi connectivity index (χ1n) is 7.93. The molecule has 24 heavy (non-hydrogen) atoms. The van der Waals surface area contributed by atoms with Gasteiger partial charge in [0.2, 0.25) is 10.0 Å². The Morgan fingerprint density at radius 2 is 2.00 bits per heavy atom. The minimum Gasteiger partial charge on any atom is -0.376 e. The summed E-state index contributed by atoms with van der Waals surface area (Å²) in [4.78, 5) is 10.2. The maximum Gasteiger partial charge on any atom is 0.289 e. The van der Waals surface area contributed by atoms with Gasteiger partial charge in [-0.2, -0.15) is 4.31 Å². The molecule has 1 atom stereocenters. The second-order valence-electron chi connectivity index (χ2n) is 6.50. The second kappa shape index (κ2) is 6.40. The average Bonchev–Trinajstić information content (AvgIpc) is 2.98. The summed E-state index contributed by atoms with van der Waals surface area (Å²) in [5, 5.41) is 11.1. The van der Waals surface area contributed by atoms with E-state index in [4.69, 9.17) is 10.5 Å². The van der Waals surface area contributed by atoms with E-state index < -0.39 is 14.9 Å². The fourth-order valence-electron chi connectivity index (χ4n) is 3.56. The molecule has 2 aliphatic heterocycles. The van der Waals surface area contributed by atoms with Gasteiger partial charge in [0, 0.05) is 25.7 Å². The topological polar surface area (TPSA) is 116 Å². The Balaban J connectivity index is 1.78. The minimum absolute atomic E-state index is 0.0152. The van der Waals surface area contributed by atoms with Crippen LogP contribution in [0.15, 0.2) is 29.2 Å². The Kier molecular flexibility index (Phi) is 4.60. The molecule has 1 aromatic carbocycles. The molecule has 0 aromatic heterocycles. The molecule has 1 spiro atoms. The van der Waals surface area contributed by atoms with Crippen LogP contribution in [0.25, 0.3) is 0 Å². The van der Waals surface area contributed by atoms with Crippen molar-refractivity contribution >= 4 is 15.7 Å². The van der Waals surface area contributed by atoms with E-state index in [1.165, 1.54) is 28.6 Å². The zero-order valence-corrected chi connectivity index (χ0v) is 14.1. The summed E-state index contributed by atoms with van der Waals surface area (Å²) in [6.45, 7) is 1.76. The van der Waals surface area contributed by atoms with Crippen molar-refractivity contribution in [3.63, 3.8) is 0 Å². The van der Waals surface area contributed by atoms with Gasteiger partial charge in [0.05, 0.1) is 17.6 Å². The van der Waals surface area contributed by atoms with Crippen molar-refractivity contribution in [3.8, 4) is 0 Å². The lowest BCUT2D eigenvalue weighted by molar-refractivity contribution is -0.387. The van der Waals surface area contributed by atoms with Crippen LogP contribution in [0.3, 0.4) is 0 Å². The number of benzene rings is 1. The van der Waals surface area contributed by atoms with Crippen molar-refractivity contribution in [3.05, 3.63) is 34.4 Å². The molecule has 2 fully saturated rings. The Morgan fingerprint density at radius 1 is 1.33 bits per heavy atom. The van der Waals surface area contributed by atoms with Gasteiger partial charge in [-0.1, -0.05) is 12.1 Å². The van der Waals surface area contributed by atoms with Crippen LogP contribution >= 0.6 is 0 Å². The molecule has 1 aromatic rings. The Labute approximate surface area is 140 Å². The summed E-state index contributed by atoms with van der Waals surface area (Å²) in [6.07, 6.45) is 2.26. The van der Waals surface area contributed by atoms with Crippen LogP contribution in [-0.4, -0.2) is 50.0 Å². The number of nitro benzene ring substituents is 1. The summed E-state index contributed by atoms with van der Waals surface area (Å²) in [6, 6.07) is 5.48. The third-order valence-corrected chi connectivity index (χ3v) is 6.96. The number of sulfonamides is 1. The lowest BCUT2D eigenvalue weighted by Crippen LogP contribution is -2.43. The quantitative estimate of drug-likeness (QED) is 0.639. The van der Waals surface area contributed by atoms with E-state index >= 15 is 0 Å². The highest BCUT2D eigenvalue weighted by atomic mass is 32.2. The van der Waals surface area contributed by atoms with Crippen molar-refractivity contribution in [1.82, 2.24) is 4.31 Å². The zero-order chi connectivity index (χ0) is 17.4. The van der Waals surface area contributed by atoms with Crippen molar-refractivity contribution in [2.45, 2.75) is 30.3 Å². The number of nitro groups is 1. The van der Waals surface area contributed by atoms with Crippen molar-refractivity contribution in [1.29, 1.82) is 0 Å². The molecule has 0 aliphatic carbocycles. The normalized spacial score (nSPS) is 24.3. The van der Waals surface area contributed by atoms with Crippen LogP contribution in [0, 0.1) is 15.5 Å². The first-order chi connectivity index (χ1) is 11.4. The van der Waals surface area contributed by atoms with Gasteiger partial charge in [-0.15, -0.1) is 0 Å². The summed E-state index contributed by atoms with van der Waals surface area (Å²) >= 11 is 0. The molecule has 3 rings (SSSR count). The number of rotatable bonds is 4. The van der Waals surface area contributed by atoms with Gasteiger partial charge < -0.3 is 10.5 Å². The van der Waals surface area contributed by atoms with Gasteiger partial charge in [-0.05, 0) is 30.7 Å². The van der Waals surface area contributed by atoms with Crippen LogP contribution in [0.2, 0.25) is 0 Å². The van der Waals surface area contributed by atoms with Gasteiger partial charge in [-0.25, -0.2) is 8.42 Å². The largest absolute Gasteiger partial charge is 0.376 e. The molecule has 2 aliphatic rings. The molecule has 1 unspecified atom stereocenters. The fraction of sp³-hybridized carbons (Fsp3) is 0.600. The van der Waals surface area contributed by atoms with Crippen LogP contribution in [0.5, 0.6) is 0 Å². The van der Waals surface area contributed by atoms with E-state index in [9.17, 15) is 18.5 Å². The standard InChI is InChI=1S/C15H21N3O5S/c16-10-12-9-15(11-23-12)5-7-17(8-6-15)24(21,22)14-4-2-1-3-13(14)18(19)20/h1-4,12H,5-11,16H2. The summed E-state index contributed by atoms with van der Waals surface area (Å²) in [5.74, 6) is 0. The summed E-state index contributed by atoms with van der Waals surface area (Å²) in [7, 11) is -3.88. The Morgan fingerprint density at radius 3 is 2.58 bits per heavy atom. The Hall–Kier alpha value is -1.55. The first-order valence-corrected chi connectivity index (χ1v) is 9.37. The van der Waals surface area contributed by atoms with Crippen LogP contribution in [-0.2, 0) is 14.8 Å². The molecule has 2 heterocycles. The van der Waals surface area contributed by atoms with E-state index in [0.717, 1.165) is 6.42 Å².